The fourth-order valence-electron chi connectivity index (χ4n) is 2.22. The quantitative estimate of drug-likeness (QED) is 0.918. The predicted octanol–water partition coefficient (Wildman–Crippen LogP) is 2.00. The van der Waals surface area contributed by atoms with E-state index in [1.54, 1.807) is 25.8 Å². The molecule has 2 aromatic rings. The second kappa shape index (κ2) is 7.09. The summed E-state index contributed by atoms with van der Waals surface area (Å²) in [5.74, 6) is -0.357. The number of carbonyl (C=O) groups excluding carboxylic acids is 2. The second-order valence-electron chi connectivity index (χ2n) is 5.67. The van der Waals surface area contributed by atoms with E-state index >= 15 is 0 Å². The van der Waals surface area contributed by atoms with Gasteiger partial charge in [0.15, 0.2) is 5.69 Å². The van der Waals surface area contributed by atoms with Crippen LogP contribution >= 0.6 is 0 Å². The smallest absolute Gasteiger partial charge is 0.276 e. The van der Waals surface area contributed by atoms with Crippen LogP contribution in [0, 0.1) is 6.92 Å². The van der Waals surface area contributed by atoms with E-state index in [9.17, 15) is 9.59 Å². The maximum atomic E-state index is 12.2. The van der Waals surface area contributed by atoms with Crippen molar-refractivity contribution in [1.82, 2.24) is 14.7 Å². The Kier molecular flexibility index (Phi) is 5.16. The Morgan fingerprint density at radius 2 is 1.87 bits per heavy atom. The van der Waals surface area contributed by atoms with Crippen LogP contribution in [0.3, 0.4) is 0 Å². The molecule has 0 bridgehead atoms. The molecule has 0 aliphatic rings. The lowest BCUT2D eigenvalue weighted by Gasteiger charge is -2.11. The highest BCUT2D eigenvalue weighted by molar-refractivity contribution is 6.02. The molecule has 0 aliphatic carbocycles. The number of nitrogens with zero attached hydrogens (tertiary/aromatic N) is 3. The lowest BCUT2D eigenvalue weighted by Crippen LogP contribution is -2.24. The van der Waals surface area contributed by atoms with E-state index in [1.165, 1.54) is 4.90 Å². The Morgan fingerprint density at radius 1 is 1.22 bits per heavy atom. The first-order chi connectivity index (χ1) is 10.9. The fourth-order valence-corrected chi connectivity index (χ4v) is 2.22. The number of aryl methyl sites for hydroxylation is 2. The van der Waals surface area contributed by atoms with E-state index in [0.717, 1.165) is 11.3 Å². The van der Waals surface area contributed by atoms with Crippen LogP contribution in [0.15, 0.2) is 30.3 Å². The minimum Gasteiger partial charge on any atom is -0.343 e. The highest BCUT2D eigenvalue weighted by Crippen LogP contribution is 2.21. The number of benzene rings is 1. The van der Waals surface area contributed by atoms with Gasteiger partial charge in [0.2, 0.25) is 5.91 Å². The molecule has 0 saturated heterocycles. The average molecular weight is 314 g/mol. The molecule has 122 valence electrons. The third kappa shape index (κ3) is 3.97. The second-order valence-corrected chi connectivity index (χ2v) is 5.67. The molecule has 1 aromatic heterocycles. The fraction of sp³-hybridized carbons (Fsp3) is 0.353. The highest BCUT2D eigenvalue weighted by Gasteiger charge is 2.22. The minimum absolute atomic E-state index is 0.127. The molecular formula is C17H22N4O2. The molecule has 0 fully saturated rings. The third-order valence-electron chi connectivity index (χ3n) is 3.69. The highest BCUT2D eigenvalue weighted by atomic mass is 16.2. The molecule has 0 saturated carbocycles. The average Bonchev–Trinajstić information content (AvgIpc) is 2.81. The number of amides is 2. The molecule has 0 radical (unpaired) electrons. The normalized spacial score (nSPS) is 10.4. The van der Waals surface area contributed by atoms with Crippen LogP contribution < -0.4 is 5.32 Å². The summed E-state index contributed by atoms with van der Waals surface area (Å²) in [6.07, 6.45) is 1.01. The van der Waals surface area contributed by atoms with Gasteiger partial charge in [-0.05, 0) is 18.9 Å². The van der Waals surface area contributed by atoms with Crippen LogP contribution in [0.1, 0.15) is 28.2 Å². The monoisotopic (exact) mass is 314 g/mol. The number of hydrogen-bond acceptors (Lipinski definition) is 3. The Balaban J connectivity index is 2.10. The number of aromatic nitrogens is 2. The zero-order valence-electron chi connectivity index (χ0n) is 14.0. The van der Waals surface area contributed by atoms with E-state index in [4.69, 9.17) is 0 Å². The van der Waals surface area contributed by atoms with Crippen molar-refractivity contribution >= 4 is 17.5 Å². The van der Waals surface area contributed by atoms with Gasteiger partial charge in [-0.3, -0.25) is 14.3 Å². The number of hydrogen-bond donors (Lipinski definition) is 1. The SMILES string of the molecule is Cc1c(NC(=O)CCc2ccccc2)c(C(=O)N(C)C)nn1C. The molecular weight excluding hydrogens is 292 g/mol. The van der Waals surface area contributed by atoms with E-state index < -0.39 is 0 Å². The molecule has 1 N–H and O–H groups in total. The van der Waals surface area contributed by atoms with Gasteiger partial charge in [-0.25, -0.2) is 0 Å². The topological polar surface area (TPSA) is 67.2 Å². The number of carbonyl (C=O) groups is 2. The molecule has 23 heavy (non-hydrogen) atoms. The van der Waals surface area contributed by atoms with Crippen molar-refractivity contribution < 1.29 is 9.59 Å². The summed E-state index contributed by atoms with van der Waals surface area (Å²) in [5.41, 5.74) is 2.62. The van der Waals surface area contributed by atoms with E-state index in [1.807, 2.05) is 37.3 Å². The third-order valence-corrected chi connectivity index (χ3v) is 3.69. The first kappa shape index (κ1) is 16.7. The zero-order chi connectivity index (χ0) is 17.0. The van der Waals surface area contributed by atoms with E-state index in [0.29, 0.717) is 18.5 Å². The van der Waals surface area contributed by atoms with Crippen molar-refractivity contribution in [3.8, 4) is 0 Å². The molecule has 6 heteroatoms. The summed E-state index contributed by atoms with van der Waals surface area (Å²) in [7, 11) is 5.07. The molecule has 1 aromatic carbocycles. The molecule has 1 heterocycles. The summed E-state index contributed by atoms with van der Waals surface area (Å²) < 4.78 is 1.60. The van der Waals surface area contributed by atoms with Gasteiger partial charge >= 0.3 is 0 Å². The van der Waals surface area contributed by atoms with Crippen molar-refractivity contribution in [2.24, 2.45) is 7.05 Å². The summed E-state index contributed by atoms with van der Waals surface area (Å²) in [6.45, 7) is 1.83. The predicted molar refractivity (Wildman–Crippen MR) is 89.4 cm³/mol. The first-order valence-electron chi connectivity index (χ1n) is 7.49. The van der Waals surface area contributed by atoms with Gasteiger partial charge < -0.3 is 10.2 Å². The van der Waals surface area contributed by atoms with Crippen molar-refractivity contribution in [2.45, 2.75) is 19.8 Å². The lowest BCUT2D eigenvalue weighted by atomic mass is 10.1. The molecule has 2 amide bonds. The summed E-state index contributed by atoms with van der Waals surface area (Å²) in [5, 5.41) is 7.05. The Morgan fingerprint density at radius 3 is 2.48 bits per heavy atom. The first-order valence-corrected chi connectivity index (χ1v) is 7.49. The summed E-state index contributed by atoms with van der Waals surface area (Å²) in [4.78, 5) is 25.9. The molecule has 6 nitrogen and oxygen atoms in total. The molecule has 0 aliphatic heterocycles. The summed E-state index contributed by atoms with van der Waals surface area (Å²) in [6, 6.07) is 9.83. The van der Waals surface area contributed by atoms with Gasteiger partial charge in [-0.2, -0.15) is 5.10 Å². The van der Waals surface area contributed by atoms with Crippen LogP contribution in [-0.2, 0) is 18.3 Å². The molecule has 2 rings (SSSR count). The lowest BCUT2D eigenvalue weighted by molar-refractivity contribution is -0.116. The van der Waals surface area contributed by atoms with Crippen LogP contribution in [0.4, 0.5) is 5.69 Å². The number of nitrogens with one attached hydrogen (secondary N) is 1. The molecule has 0 unspecified atom stereocenters. The Bertz CT molecular complexity index is 705. The Hall–Kier alpha value is -2.63. The maximum absolute atomic E-state index is 12.2. The van der Waals surface area contributed by atoms with Crippen molar-refractivity contribution in [3.05, 3.63) is 47.3 Å². The van der Waals surface area contributed by atoms with Crippen LogP contribution in [0.2, 0.25) is 0 Å². The van der Waals surface area contributed by atoms with Crippen LogP contribution in [-0.4, -0.2) is 40.6 Å². The minimum atomic E-state index is -0.230. The van der Waals surface area contributed by atoms with Gasteiger partial charge in [-0.15, -0.1) is 0 Å². The van der Waals surface area contributed by atoms with Crippen LogP contribution in [0.25, 0.3) is 0 Å². The summed E-state index contributed by atoms with van der Waals surface area (Å²) >= 11 is 0. The van der Waals surface area contributed by atoms with Crippen LogP contribution in [0.5, 0.6) is 0 Å². The van der Waals surface area contributed by atoms with Gasteiger partial charge in [0, 0.05) is 27.6 Å². The molecule has 0 atom stereocenters. The van der Waals surface area contributed by atoms with Gasteiger partial charge in [0.05, 0.1) is 11.4 Å². The maximum Gasteiger partial charge on any atom is 0.276 e. The van der Waals surface area contributed by atoms with Gasteiger partial charge in [0.1, 0.15) is 0 Å². The van der Waals surface area contributed by atoms with E-state index in [2.05, 4.69) is 10.4 Å². The molecule has 0 spiro atoms. The van der Waals surface area contributed by atoms with Gasteiger partial charge in [-0.1, -0.05) is 30.3 Å². The number of rotatable bonds is 5. The zero-order valence-corrected chi connectivity index (χ0v) is 14.0. The largest absolute Gasteiger partial charge is 0.343 e. The van der Waals surface area contributed by atoms with Crippen molar-refractivity contribution in [2.75, 3.05) is 19.4 Å². The van der Waals surface area contributed by atoms with E-state index in [-0.39, 0.29) is 17.5 Å². The standard InChI is InChI=1S/C17H22N4O2/c1-12-15(16(19-21(12)4)17(23)20(2)3)18-14(22)11-10-13-8-6-5-7-9-13/h5-9H,10-11H2,1-4H3,(H,18,22). The van der Waals surface area contributed by atoms with Crippen molar-refractivity contribution in [1.29, 1.82) is 0 Å². The van der Waals surface area contributed by atoms with Gasteiger partial charge in [0.25, 0.3) is 5.91 Å². The Labute approximate surface area is 136 Å². The van der Waals surface area contributed by atoms with Crippen molar-refractivity contribution in [3.63, 3.8) is 0 Å². The number of anilines is 1.